The predicted molar refractivity (Wildman–Crippen MR) is 118 cm³/mol. The van der Waals surface area contributed by atoms with Crippen molar-refractivity contribution in [2.75, 3.05) is 13.6 Å². The van der Waals surface area contributed by atoms with Gasteiger partial charge in [-0.2, -0.15) is 5.10 Å². The van der Waals surface area contributed by atoms with Crippen LogP contribution in [0.25, 0.3) is 10.9 Å². The van der Waals surface area contributed by atoms with Gasteiger partial charge in [0.15, 0.2) is 11.8 Å². The van der Waals surface area contributed by atoms with E-state index in [0.29, 0.717) is 12.0 Å². The fraction of sp³-hybridized carbons (Fsp3) is 0.476. The van der Waals surface area contributed by atoms with Gasteiger partial charge >= 0.3 is 0 Å². The van der Waals surface area contributed by atoms with E-state index in [-0.39, 0.29) is 0 Å². The van der Waals surface area contributed by atoms with Gasteiger partial charge in [-0.05, 0) is 36.6 Å². The van der Waals surface area contributed by atoms with Crippen molar-refractivity contribution >= 4 is 28.5 Å². The lowest BCUT2D eigenvalue weighted by molar-refractivity contribution is 0.391. The number of aryl methyl sites for hydroxylation is 1. The van der Waals surface area contributed by atoms with Gasteiger partial charge in [0.2, 0.25) is 0 Å². The average molecular weight is 414 g/mol. The first-order chi connectivity index (χ1) is 14.0. The molecule has 7 nitrogen and oxygen atoms in total. The van der Waals surface area contributed by atoms with E-state index < -0.39 is 0 Å². The van der Waals surface area contributed by atoms with Crippen LogP contribution in [0.4, 0.5) is 0 Å². The zero-order valence-corrected chi connectivity index (χ0v) is 17.9. The summed E-state index contributed by atoms with van der Waals surface area (Å²) in [6.45, 7) is 5.86. The Labute approximate surface area is 176 Å². The molecule has 0 radical (unpaired) electrons. The Kier molecular flexibility index (Phi) is 5.76. The fourth-order valence-corrected chi connectivity index (χ4v) is 3.92. The molecule has 0 saturated carbocycles. The number of hydrogen-bond acceptors (Lipinski definition) is 3. The van der Waals surface area contributed by atoms with Gasteiger partial charge in [0, 0.05) is 54.1 Å². The number of halogens is 1. The van der Waals surface area contributed by atoms with E-state index in [2.05, 4.69) is 50.7 Å². The van der Waals surface area contributed by atoms with E-state index in [0.717, 1.165) is 60.5 Å². The number of nitrogens with zero attached hydrogens (tertiary/aromatic N) is 4. The Balaban J connectivity index is 1.32. The molecule has 0 spiro atoms. The number of aliphatic imine (C=N–C) groups is 1. The molecule has 1 aliphatic rings. The fourth-order valence-electron chi connectivity index (χ4n) is 3.75. The van der Waals surface area contributed by atoms with Crippen LogP contribution in [0.3, 0.4) is 0 Å². The van der Waals surface area contributed by atoms with Crippen LogP contribution in [0.15, 0.2) is 29.4 Å². The molecule has 4 rings (SSSR count). The van der Waals surface area contributed by atoms with Gasteiger partial charge in [0.05, 0.1) is 6.54 Å². The molecular formula is C21H28ClN7. The number of rotatable bonds is 5. The predicted octanol–water partition coefficient (Wildman–Crippen LogP) is 3.26. The Morgan fingerprint density at radius 3 is 3.07 bits per heavy atom. The van der Waals surface area contributed by atoms with Crippen molar-refractivity contribution < 1.29 is 0 Å². The van der Waals surface area contributed by atoms with Crippen molar-refractivity contribution in [3.05, 3.63) is 46.6 Å². The van der Waals surface area contributed by atoms with Crippen LogP contribution in [0.5, 0.6) is 0 Å². The molecule has 0 aliphatic carbocycles. The quantitative estimate of drug-likeness (QED) is 0.443. The van der Waals surface area contributed by atoms with E-state index in [1.165, 1.54) is 10.9 Å². The largest absolute Gasteiger partial charge is 0.361 e. The van der Waals surface area contributed by atoms with Gasteiger partial charge in [-0.25, -0.2) is 9.67 Å². The first-order valence-corrected chi connectivity index (χ1v) is 10.6. The molecule has 29 heavy (non-hydrogen) atoms. The number of benzene rings is 1. The number of hydrogen-bond donors (Lipinski definition) is 3. The van der Waals surface area contributed by atoms with Crippen molar-refractivity contribution in [2.24, 2.45) is 4.99 Å². The van der Waals surface area contributed by atoms with Gasteiger partial charge in [0.1, 0.15) is 5.82 Å². The van der Waals surface area contributed by atoms with Crippen LogP contribution in [-0.2, 0) is 19.4 Å². The Morgan fingerprint density at radius 1 is 1.41 bits per heavy atom. The van der Waals surface area contributed by atoms with Crippen LogP contribution < -0.4 is 10.6 Å². The van der Waals surface area contributed by atoms with E-state index in [1.807, 2.05) is 22.9 Å². The number of guanidine groups is 1. The summed E-state index contributed by atoms with van der Waals surface area (Å²) in [5.74, 6) is 3.20. The van der Waals surface area contributed by atoms with Crippen molar-refractivity contribution in [3.63, 3.8) is 0 Å². The first-order valence-electron chi connectivity index (χ1n) is 10.2. The molecule has 1 atom stereocenters. The zero-order valence-electron chi connectivity index (χ0n) is 17.2. The van der Waals surface area contributed by atoms with Crippen molar-refractivity contribution in [1.82, 2.24) is 30.4 Å². The van der Waals surface area contributed by atoms with E-state index in [4.69, 9.17) is 11.6 Å². The minimum Gasteiger partial charge on any atom is -0.361 e. The first kappa shape index (κ1) is 19.8. The molecule has 154 valence electrons. The lowest BCUT2D eigenvalue weighted by atomic mass is 10.1. The normalized spacial score (nSPS) is 17.0. The van der Waals surface area contributed by atoms with Crippen LogP contribution in [0.2, 0.25) is 5.02 Å². The molecule has 3 aromatic rings. The number of fused-ring (bicyclic) bond motifs is 2. The molecular weight excluding hydrogens is 386 g/mol. The van der Waals surface area contributed by atoms with Gasteiger partial charge in [-0.1, -0.05) is 25.4 Å². The molecule has 0 amide bonds. The molecule has 0 bridgehead atoms. The highest BCUT2D eigenvalue weighted by atomic mass is 35.5. The van der Waals surface area contributed by atoms with Gasteiger partial charge in [0.25, 0.3) is 0 Å². The molecule has 8 heteroatoms. The van der Waals surface area contributed by atoms with Crippen LogP contribution >= 0.6 is 11.6 Å². The summed E-state index contributed by atoms with van der Waals surface area (Å²) in [4.78, 5) is 12.4. The summed E-state index contributed by atoms with van der Waals surface area (Å²) in [6.07, 6.45) is 4.90. The summed E-state index contributed by atoms with van der Waals surface area (Å²) in [5.41, 5.74) is 2.36. The SMILES string of the molecule is CN=C(NCCc1c[nH]c2ccc(Cl)cc12)NC1CCc2nc(C(C)C)nn2C1. The molecule has 0 saturated heterocycles. The minimum absolute atomic E-state index is 0.294. The van der Waals surface area contributed by atoms with Crippen molar-refractivity contribution in [1.29, 1.82) is 0 Å². The lowest BCUT2D eigenvalue weighted by Gasteiger charge is -2.25. The van der Waals surface area contributed by atoms with E-state index in [9.17, 15) is 0 Å². The van der Waals surface area contributed by atoms with Crippen LogP contribution in [0.1, 0.15) is 43.4 Å². The average Bonchev–Trinajstić information content (AvgIpc) is 3.31. The highest BCUT2D eigenvalue weighted by Gasteiger charge is 2.23. The zero-order chi connectivity index (χ0) is 20.4. The van der Waals surface area contributed by atoms with Crippen LogP contribution in [-0.4, -0.2) is 45.3 Å². The van der Waals surface area contributed by atoms with Crippen molar-refractivity contribution in [3.8, 4) is 0 Å². The smallest absolute Gasteiger partial charge is 0.191 e. The highest BCUT2D eigenvalue weighted by Crippen LogP contribution is 2.22. The standard InChI is InChI=1S/C21H28ClN7/c1-13(2)20-27-19-7-5-16(12-29(19)28-20)26-21(23-3)24-9-8-14-11-25-18-6-4-15(22)10-17(14)18/h4,6,10-11,13,16,25H,5,7-9,12H2,1-3H3,(H2,23,24,26). The second-order valence-electron chi connectivity index (χ2n) is 7.86. The van der Waals surface area contributed by atoms with Gasteiger partial charge in [-0.3, -0.25) is 4.99 Å². The monoisotopic (exact) mass is 413 g/mol. The Bertz CT molecular complexity index is 1020. The maximum Gasteiger partial charge on any atom is 0.191 e. The lowest BCUT2D eigenvalue weighted by Crippen LogP contribution is -2.47. The third-order valence-electron chi connectivity index (χ3n) is 5.37. The molecule has 0 fully saturated rings. The number of aromatic nitrogens is 4. The molecule has 1 unspecified atom stereocenters. The molecule has 2 aromatic heterocycles. The highest BCUT2D eigenvalue weighted by molar-refractivity contribution is 6.31. The topological polar surface area (TPSA) is 82.9 Å². The summed E-state index contributed by atoms with van der Waals surface area (Å²) >= 11 is 6.15. The van der Waals surface area contributed by atoms with Gasteiger partial charge in [-0.15, -0.1) is 0 Å². The minimum atomic E-state index is 0.294. The van der Waals surface area contributed by atoms with Crippen molar-refractivity contribution in [2.45, 2.75) is 51.6 Å². The molecule has 1 aliphatic heterocycles. The third kappa shape index (κ3) is 4.40. The summed E-state index contributed by atoms with van der Waals surface area (Å²) in [6, 6.07) is 6.23. The molecule has 3 heterocycles. The molecule has 3 N–H and O–H groups in total. The van der Waals surface area contributed by atoms with E-state index in [1.54, 1.807) is 7.05 Å². The molecule has 1 aromatic carbocycles. The summed E-state index contributed by atoms with van der Waals surface area (Å²) in [5, 5.41) is 13.6. The number of nitrogens with one attached hydrogen (secondary N) is 3. The Hall–Kier alpha value is -2.54. The summed E-state index contributed by atoms with van der Waals surface area (Å²) in [7, 11) is 1.81. The van der Waals surface area contributed by atoms with E-state index >= 15 is 0 Å². The summed E-state index contributed by atoms with van der Waals surface area (Å²) < 4.78 is 2.04. The van der Waals surface area contributed by atoms with Gasteiger partial charge < -0.3 is 15.6 Å². The number of aromatic amines is 1. The second-order valence-corrected chi connectivity index (χ2v) is 8.29. The maximum absolute atomic E-state index is 6.15. The Morgan fingerprint density at radius 2 is 2.28 bits per heavy atom. The maximum atomic E-state index is 6.15. The second kappa shape index (κ2) is 8.45. The number of H-pyrrole nitrogens is 1. The van der Waals surface area contributed by atoms with Crippen LogP contribution in [0, 0.1) is 0 Å². The third-order valence-corrected chi connectivity index (χ3v) is 5.61.